The molecule has 4 aliphatic heterocycles. The molecule has 9 heteroatoms. The maximum Gasteiger partial charge on any atom is 0.291 e. The second-order valence-electron chi connectivity index (χ2n) is 7.01. The van der Waals surface area contributed by atoms with Crippen LogP contribution in [0.1, 0.15) is 12.8 Å². The van der Waals surface area contributed by atoms with Gasteiger partial charge in [-0.25, -0.2) is 15.0 Å². The van der Waals surface area contributed by atoms with Crippen LogP contribution in [-0.2, 0) is 4.74 Å². The maximum atomic E-state index is 12.7. The molecular formula is C16H18N6O2S. The third-order valence-electron chi connectivity index (χ3n) is 5.45. The van der Waals surface area contributed by atoms with E-state index < -0.39 is 5.60 Å². The summed E-state index contributed by atoms with van der Waals surface area (Å²) in [5, 5.41) is 15.8. The van der Waals surface area contributed by atoms with Crippen LogP contribution in [0.25, 0.3) is 10.6 Å². The normalized spacial score (nSPS) is 33.3. The minimum atomic E-state index is -0.436. The molecule has 1 N–H and O–H groups in total. The van der Waals surface area contributed by atoms with Crippen molar-refractivity contribution in [3.8, 4) is 10.6 Å². The van der Waals surface area contributed by atoms with Crippen molar-refractivity contribution in [1.29, 1.82) is 0 Å². The maximum absolute atomic E-state index is 12.7. The fraction of sp³-hybridized carbons (Fsp3) is 0.500. The molecule has 1 atom stereocenters. The Hall–Kier alpha value is -2.10. The average Bonchev–Trinajstić information content (AvgIpc) is 3.26. The van der Waals surface area contributed by atoms with E-state index in [1.807, 2.05) is 6.07 Å². The molecule has 6 rings (SSSR count). The van der Waals surface area contributed by atoms with Gasteiger partial charge in [0.2, 0.25) is 0 Å². The van der Waals surface area contributed by atoms with E-state index in [9.17, 15) is 5.21 Å². The van der Waals surface area contributed by atoms with Gasteiger partial charge in [0.05, 0.1) is 35.7 Å². The Bertz CT molecular complexity index is 818. The SMILES string of the molecule is [O-][N+]12CCC(CC1)[C@]1(CN=C(Nc3cc(-c4cncs4)ncn3)O1)C2. The number of aromatic nitrogens is 3. The van der Waals surface area contributed by atoms with E-state index in [4.69, 9.17) is 4.74 Å². The molecule has 2 aromatic rings. The van der Waals surface area contributed by atoms with Crippen LogP contribution in [0.3, 0.4) is 0 Å². The summed E-state index contributed by atoms with van der Waals surface area (Å²) in [4.78, 5) is 18.1. The van der Waals surface area contributed by atoms with Gasteiger partial charge in [-0.2, -0.15) is 0 Å². The zero-order valence-corrected chi connectivity index (χ0v) is 14.4. The highest BCUT2D eigenvalue weighted by atomic mass is 32.1. The molecule has 2 bridgehead atoms. The number of nitrogens with one attached hydrogen (secondary N) is 1. The molecule has 0 unspecified atom stereocenters. The van der Waals surface area contributed by atoms with Crippen molar-refractivity contribution < 1.29 is 9.38 Å². The Kier molecular flexibility index (Phi) is 3.31. The molecule has 0 radical (unpaired) electrons. The number of quaternary nitrogens is 1. The van der Waals surface area contributed by atoms with Gasteiger partial charge < -0.3 is 14.6 Å². The topological polar surface area (TPSA) is 95.4 Å². The average molecular weight is 358 g/mol. The van der Waals surface area contributed by atoms with E-state index in [2.05, 4.69) is 25.3 Å². The third-order valence-corrected chi connectivity index (χ3v) is 6.24. The number of aliphatic imine (C=N–C) groups is 1. The lowest BCUT2D eigenvalue weighted by atomic mass is 9.75. The molecule has 6 heterocycles. The molecule has 1 spiro atoms. The Morgan fingerprint density at radius 1 is 1.32 bits per heavy atom. The smallest absolute Gasteiger partial charge is 0.291 e. The first-order valence-corrected chi connectivity index (χ1v) is 9.31. The lowest BCUT2D eigenvalue weighted by molar-refractivity contribution is -0.905. The molecule has 8 nitrogen and oxygen atoms in total. The van der Waals surface area contributed by atoms with Crippen LogP contribution in [0.2, 0.25) is 0 Å². The van der Waals surface area contributed by atoms with E-state index in [-0.39, 0.29) is 4.65 Å². The predicted molar refractivity (Wildman–Crippen MR) is 93.8 cm³/mol. The van der Waals surface area contributed by atoms with Gasteiger partial charge in [0.15, 0.2) is 5.60 Å². The number of hydroxylamine groups is 3. The van der Waals surface area contributed by atoms with E-state index in [1.54, 1.807) is 11.7 Å². The van der Waals surface area contributed by atoms with Crippen LogP contribution in [0.15, 0.2) is 29.1 Å². The van der Waals surface area contributed by atoms with Crippen LogP contribution in [0, 0.1) is 11.1 Å². The van der Waals surface area contributed by atoms with Gasteiger partial charge in [0.25, 0.3) is 6.02 Å². The number of hydrogen-bond acceptors (Lipinski definition) is 8. The molecule has 0 aromatic carbocycles. The van der Waals surface area contributed by atoms with Gasteiger partial charge in [0.1, 0.15) is 18.7 Å². The van der Waals surface area contributed by atoms with Crippen LogP contribution >= 0.6 is 11.3 Å². The standard InChI is InChI=1S/C16H18N6O2S/c23-22-3-1-11(2-4-22)16(8-22)7-18-15(24-16)21-14-5-12(19-9-20-14)13-6-17-10-25-13/h5-6,9-11H,1-4,7-8H2,(H,18,19,20,21)/t11?,16-,22?/m0/s1. The second kappa shape index (κ2) is 5.45. The third kappa shape index (κ3) is 2.59. The summed E-state index contributed by atoms with van der Waals surface area (Å²) < 4.78 is 6.04. The van der Waals surface area contributed by atoms with Crippen LogP contribution < -0.4 is 5.32 Å². The van der Waals surface area contributed by atoms with Gasteiger partial charge >= 0.3 is 0 Å². The minimum absolute atomic E-state index is 0.137. The molecule has 25 heavy (non-hydrogen) atoms. The van der Waals surface area contributed by atoms with Crippen molar-refractivity contribution in [3.05, 3.63) is 29.3 Å². The number of amidine groups is 1. The Morgan fingerprint density at radius 3 is 2.96 bits per heavy atom. The number of nitrogens with zero attached hydrogens (tertiary/aromatic N) is 5. The number of anilines is 1. The number of thiazole rings is 1. The first-order chi connectivity index (χ1) is 12.1. The van der Waals surface area contributed by atoms with Crippen molar-refractivity contribution in [3.63, 3.8) is 0 Å². The first kappa shape index (κ1) is 15.2. The zero-order chi connectivity index (χ0) is 16.9. The van der Waals surface area contributed by atoms with Crippen molar-refractivity contribution in [2.24, 2.45) is 10.9 Å². The summed E-state index contributed by atoms with van der Waals surface area (Å²) in [6, 6.07) is 2.30. The highest BCUT2D eigenvalue weighted by Crippen LogP contribution is 2.44. The Morgan fingerprint density at radius 2 is 2.20 bits per heavy atom. The molecule has 0 amide bonds. The van der Waals surface area contributed by atoms with Gasteiger partial charge in [-0.15, -0.1) is 11.3 Å². The molecule has 4 aliphatic rings. The Labute approximate surface area is 148 Å². The second-order valence-corrected chi connectivity index (χ2v) is 7.89. The van der Waals surface area contributed by atoms with Gasteiger partial charge in [-0.05, 0) is 0 Å². The number of ether oxygens (including phenoxy) is 1. The van der Waals surface area contributed by atoms with Crippen LogP contribution in [0.5, 0.6) is 0 Å². The summed E-state index contributed by atoms with van der Waals surface area (Å²) in [6.45, 7) is 2.47. The molecule has 3 fully saturated rings. The van der Waals surface area contributed by atoms with Crippen LogP contribution in [0.4, 0.5) is 5.82 Å². The molecule has 2 aromatic heterocycles. The predicted octanol–water partition coefficient (Wildman–Crippen LogP) is 1.88. The monoisotopic (exact) mass is 358 g/mol. The lowest BCUT2D eigenvalue weighted by Crippen LogP contribution is -2.67. The van der Waals surface area contributed by atoms with E-state index >= 15 is 0 Å². The van der Waals surface area contributed by atoms with Crippen LogP contribution in [-0.4, -0.2) is 57.4 Å². The van der Waals surface area contributed by atoms with Gasteiger partial charge in [-0.3, -0.25) is 10.3 Å². The summed E-state index contributed by atoms with van der Waals surface area (Å²) >= 11 is 1.53. The fourth-order valence-corrected chi connectivity index (χ4v) is 4.76. The van der Waals surface area contributed by atoms with E-state index in [0.29, 0.717) is 43.9 Å². The summed E-state index contributed by atoms with van der Waals surface area (Å²) in [6.07, 6.45) is 5.14. The number of piperidine rings is 3. The molecule has 3 saturated heterocycles. The summed E-state index contributed by atoms with van der Waals surface area (Å²) in [5.74, 6) is 1.05. The van der Waals surface area contributed by atoms with Crippen molar-refractivity contribution in [2.45, 2.75) is 18.4 Å². The van der Waals surface area contributed by atoms with Crippen molar-refractivity contribution in [2.75, 3.05) is 31.5 Å². The van der Waals surface area contributed by atoms with E-state index in [1.165, 1.54) is 17.7 Å². The quantitative estimate of drug-likeness (QED) is 0.650. The highest BCUT2D eigenvalue weighted by molar-refractivity contribution is 7.13. The van der Waals surface area contributed by atoms with Crippen molar-refractivity contribution >= 4 is 23.2 Å². The number of fused-ring (bicyclic) bond motifs is 2. The fourth-order valence-electron chi connectivity index (χ4n) is 4.17. The Balaban J connectivity index is 1.33. The van der Waals surface area contributed by atoms with E-state index in [0.717, 1.165) is 23.4 Å². The zero-order valence-electron chi connectivity index (χ0n) is 13.6. The molecular weight excluding hydrogens is 340 g/mol. The molecule has 0 saturated carbocycles. The van der Waals surface area contributed by atoms with Gasteiger partial charge in [0, 0.05) is 31.0 Å². The summed E-state index contributed by atoms with van der Waals surface area (Å²) in [5.41, 5.74) is 2.14. The molecule has 130 valence electrons. The highest BCUT2D eigenvalue weighted by Gasteiger charge is 2.56. The minimum Gasteiger partial charge on any atom is -0.633 e. The van der Waals surface area contributed by atoms with Gasteiger partial charge in [-0.1, -0.05) is 0 Å². The lowest BCUT2D eigenvalue weighted by Gasteiger charge is -2.58. The first-order valence-electron chi connectivity index (χ1n) is 8.43. The number of rotatable bonds is 2. The van der Waals surface area contributed by atoms with Crippen molar-refractivity contribution in [1.82, 2.24) is 15.0 Å². The largest absolute Gasteiger partial charge is 0.633 e. The number of hydrogen-bond donors (Lipinski definition) is 1. The summed E-state index contributed by atoms with van der Waals surface area (Å²) in [7, 11) is 0. The molecule has 0 aliphatic carbocycles.